The van der Waals surface area contributed by atoms with E-state index in [2.05, 4.69) is 6.07 Å². The van der Waals surface area contributed by atoms with Gasteiger partial charge in [0, 0.05) is 12.5 Å². The summed E-state index contributed by atoms with van der Waals surface area (Å²) in [7, 11) is 0. The summed E-state index contributed by atoms with van der Waals surface area (Å²) >= 11 is 0. The fraction of sp³-hybridized carbons (Fsp3) is 0.400. The number of nitrogens with two attached hydrogens (primary N) is 1. The minimum Gasteiger partial charge on any atom is -0.396 e. The van der Waals surface area contributed by atoms with Crippen molar-refractivity contribution in [1.29, 1.82) is 0 Å². The maximum Gasteiger partial charge on any atom is 0.0511 e. The topological polar surface area (TPSA) is 46.2 Å². The van der Waals surface area contributed by atoms with Gasteiger partial charge in [0.15, 0.2) is 0 Å². The van der Waals surface area contributed by atoms with Gasteiger partial charge in [0.05, 0.1) is 6.61 Å². The average Bonchev–Trinajstić information content (AvgIpc) is 2.07. The number of aliphatic hydroxyl groups is 1. The zero-order chi connectivity index (χ0) is 8.97. The van der Waals surface area contributed by atoms with Crippen molar-refractivity contribution in [2.24, 2.45) is 5.73 Å². The SMILES string of the molecule is Cc1cccc([C@@H](CN)CO)c1. The van der Waals surface area contributed by atoms with E-state index in [4.69, 9.17) is 10.8 Å². The van der Waals surface area contributed by atoms with Crippen LogP contribution in [-0.4, -0.2) is 18.3 Å². The molecule has 1 rings (SSSR count). The molecule has 0 spiro atoms. The number of rotatable bonds is 3. The fourth-order valence-electron chi connectivity index (χ4n) is 1.24. The van der Waals surface area contributed by atoms with Crippen LogP contribution in [-0.2, 0) is 0 Å². The molecule has 0 saturated carbocycles. The van der Waals surface area contributed by atoms with Crippen molar-refractivity contribution < 1.29 is 5.11 Å². The first kappa shape index (κ1) is 9.23. The lowest BCUT2D eigenvalue weighted by molar-refractivity contribution is 0.268. The molecule has 66 valence electrons. The van der Waals surface area contributed by atoms with E-state index in [1.807, 2.05) is 25.1 Å². The van der Waals surface area contributed by atoms with Gasteiger partial charge >= 0.3 is 0 Å². The third kappa shape index (κ3) is 2.06. The zero-order valence-corrected chi connectivity index (χ0v) is 7.33. The number of benzene rings is 1. The number of aryl methyl sites for hydroxylation is 1. The van der Waals surface area contributed by atoms with Gasteiger partial charge in [-0.2, -0.15) is 0 Å². The largest absolute Gasteiger partial charge is 0.396 e. The Kier molecular flexibility index (Phi) is 3.26. The lowest BCUT2D eigenvalue weighted by Gasteiger charge is -2.11. The Labute approximate surface area is 73.0 Å². The van der Waals surface area contributed by atoms with E-state index in [0.717, 1.165) is 5.56 Å². The second-order valence-corrected chi connectivity index (χ2v) is 3.03. The number of hydrogen-bond acceptors (Lipinski definition) is 2. The third-order valence-corrected chi connectivity index (χ3v) is 2.02. The van der Waals surface area contributed by atoms with Crippen molar-refractivity contribution >= 4 is 0 Å². The van der Waals surface area contributed by atoms with Gasteiger partial charge in [-0.1, -0.05) is 29.8 Å². The number of hydrogen-bond donors (Lipinski definition) is 2. The summed E-state index contributed by atoms with van der Waals surface area (Å²) in [6, 6.07) is 8.09. The lowest BCUT2D eigenvalue weighted by Crippen LogP contribution is -2.15. The molecule has 0 aromatic heterocycles. The first-order valence-electron chi connectivity index (χ1n) is 4.15. The monoisotopic (exact) mass is 165 g/mol. The third-order valence-electron chi connectivity index (χ3n) is 2.02. The van der Waals surface area contributed by atoms with Crippen LogP contribution in [0.3, 0.4) is 0 Å². The molecule has 2 heteroatoms. The average molecular weight is 165 g/mol. The molecule has 1 aromatic carbocycles. The maximum absolute atomic E-state index is 8.99. The summed E-state index contributed by atoms with van der Waals surface area (Å²) in [5.41, 5.74) is 7.84. The molecule has 0 amide bonds. The molecule has 0 heterocycles. The Hall–Kier alpha value is -0.860. The van der Waals surface area contributed by atoms with E-state index >= 15 is 0 Å². The van der Waals surface area contributed by atoms with Gasteiger partial charge in [-0.3, -0.25) is 0 Å². The molecule has 0 unspecified atom stereocenters. The van der Waals surface area contributed by atoms with Crippen LogP contribution in [0, 0.1) is 6.92 Å². The highest BCUT2D eigenvalue weighted by Crippen LogP contribution is 2.14. The Balaban J connectivity index is 2.85. The van der Waals surface area contributed by atoms with E-state index in [9.17, 15) is 0 Å². The molecule has 12 heavy (non-hydrogen) atoms. The molecule has 0 aliphatic heterocycles. The van der Waals surface area contributed by atoms with E-state index in [1.54, 1.807) is 0 Å². The van der Waals surface area contributed by atoms with Gasteiger partial charge in [0.25, 0.3) is 0 Å². The lowest BCUT2D eigenvalue weighted by atomic mass is 9.99. The van der Waals surface area contributed by atoms with Crippen LogP contribution in [0.4, 0.5) is 0 Å². The van der Waals surface area contributed by atoms with Gasteiger partial charge in [-0.15, -0.1) is 0 Å². The van der Waals surface area contributed by atoms with Crippen LogP contribution >= 0.6 is 0 Å². The quantitative estimate of drug-likeness (QED) is 0.702. The van der Waals surface area contributed by atoms with Crippen molar-refractivity contribution in [2.45, 2.75) is 12.8 Å². The summed E-state index contributed by atoms with van der Waals surface area (Å²) in [6.45, 7) is 2.66. The molecule has 2 nitrogen and oxygen atoms in total. The van der Waals surface area contributed by atoms with Crippen molar-refractivity contribution in [3.63, 3.8) is 0 Å². The van der Waals surface area contributed by atoms with Gasteiger partial charge < -0.3 is 10.8 Å². The van der Waals surface area contributed by atoms with E-state index < -0.39 is 0 Å². The minimum atomic E-state index is 0.0879. The fourth-order valence-corrected chi connectivity index (χ4v) is 1.24. The van der Waals surface area contributed by atoms with Gasteiger partial charge in [-0.05, 0) is 12.5 Å². The summed E-state index contributed by atoms with van der Waals surface area (Å²) in [5, 5.41) is 8.99. The second kappa shape index (κ2) is 4.24. The predicted molar refractivity (Wildman–Crippen MR) is 50.1 cm³/mol. The summed E-state index contributed by atoms with van der Waals surface area (Å²) in [5.74, 6) is 0.0879. The first-order chi connectivity index (χ1) is 5.77. The molecule has 0 radical (unpaired) electrons. The molecule has 0 bridgehead atoms. The zero-order valence-electron chi connectivity index (χ0n) is 7.33. The molecule has 1 aromatic rings. The van der Waals surface area contributed by atoms with E-state index in [0.29, 0.717) is 6.54 Å². The predicted octanol–water partition coefficient (Wildman–Crippen LogP) is 1.03. The highest BCUT2D eigenvalue weighted by atomic mass is 16.3. The normalized spacial score (nSPS) is 12.9. The second-order valence-electron chi connectivity index (χ2n) is 3.03. The van der Waals surface area contributed by atoms with Crippen LogP contribution in [0.1, 0.15) is 17.0 Å². The van der Waals surface area contributed by atoms with Crippen LogP contribution in [0.5, 0.6) is 0 Å². The minimum absolute atomic E-state index is 0.0879. The Morgan fingerprint density at radius 1 is 1.50 bits per heavy atom. The van der Waals surface area contributed by atoms with Gasteiger partial charge in [0.1, 0.15) is 0 Å². The van der Waals surface area contributed by atoms with Crippen LogP contribution in [0.2, 0.25) is 0 Å². The van der Waals surface area contributed by atoms with Crippen molar-refractivity contribution in [2.75, 3.05) is 13.2 Å². The summed E-state index contributed by atoms with van der Waals surface area (Å²) in [4.78, 5) is 0. The maximum atomic E-state index is 8.99. The molecular weight excluding hydrogens is 150 g/mol. The van der Waals surface area contributed by atoms with Crippen LogP contribution in [0.25, 0.3) is 0 Å². The molecule has 1 atom stereocenters. The highest BCUT2D eigenvalue weighted by Gasteiger charge is 2.06. The van der Waals surface area contributed by atoms with Crippen molar-refractivity contribution in [3.05, 3.63) is 35.4 Å². The Morgan fingerprint density at radius 3 is 2.75 bits per heavy atom. The highest BCUT2D eigenvalue weighted by molar-refractivity contribution is 5.25. The molecule has 0 saturated heterocycles. The molecule has 0 aliphatic carbocycles. The van der Waals surface area contributed by atoms with Gasteiger partial charge in [-0.25, -0.2) is 0 Å². The van der Waals surface area contributed by atoms with E-state index in [1.165, 1.54) is 5.56 Å². The Bertz CT molecular complexity index is 243. The van der Waals surface area contributed by atoms with Crippen LogP contribution < -0.4 is 5.73 Å². The molecular formula is C10H15NO. The summed E-state index contributed by atoms with van der Waals surface area (Å²) in [6.07, 6.45) is 0. The Morgan fingerprint density at radius 2 is 2.25 bits per heavy atom. The molecule has 0 aliphatic rings. The van der Waals surface area contributed by atoms with Gasteiger partial charge in [0.2, 0.25) is 0 Å². The summed E-state index contributed by atoms with van der Waals surface area (Å²) < 4.78 is 0. The van der Waals surface area contributed by atoms with Crippen molar-refractivity contribution in [1.82, 2.24) is 0 Å². The number of aliphatic hydroxyl groups excluding tert-OH is 1. The first-order valence-corrected chi connectivity index (χ1v) is 4.15. The van der Waals surface area contributed by atoms with Crippen molar-refractivity contribution in [3.8, 4) is 0 Å². The molecule has 3 N–H and O–H groups in total. The van der Waals surface area contributed by atoms with E-state index in [-0.39, 0.29) is 12.5 Å². The smallest absolute Gasteiger partial charge is 0.0511 e. The standard InChI is InChI=1S/C10H15NO/c1-8-3-2-4-9(5-8)10(6-11)7-12/h2-5,10,12H,6-7,11H2,1H3/t10-/m0/s1. The molecule has 0 fully saturated rings. The van der Waals surface area contributed by atoms with Crippen LogP contribution in [0.15, 0.2) is 24.3 Å².